The van der Waals surface area contributed by atoms with Crippen molar-refractivity contribution in [1.82, 2.24) is 4.90 Å². The smallest absolute Gasteiger partial charge is 0.0951 e. The first-order valence-electron chi connectivity index (χ1n) is 7.35. The number of rotatable bonds is 2. The Labute approximate surface area is 114 Å². The van der Waals surface area contributed by atoms with Gasteiger partial charge in [0.05, 0.1) is 12.2 Å². The molecule has 3 unspecified atom stereocenters. The van der Waals surface area contributed by atoms with Crippen LogP contribution in [0.1, 0.15) is 37.0 Å². The van der Waals surface area contributed by atoms with Gasteiger partial charge in [-0.3, -0.25) is 4.90 Å². The van der Waals surface area contributed by atoms with Gasteiger partial charge in [0.1, 0.15) is 0 Å². The first-order valence-corrected chi connectivity index (χ1v) is 7.35. The minimum atomic E-state index is -0.348. The first kappa shape index (κ1) is 13.1. The van der Waals surface area contributed by atoms with Crippen LogP contribution < -0.4 is 0 Å². The number of benzene rings is 1. The van der Waals surface area contributed by atoms with Crippen molar-refractivity contribution in [1.29, 1.82) is 0 Å². The number of aliphatic hydroxyl groups excluding tert-OH is 2. The van der Waals surface area contributed by atoms with Crippen LogP contribution in [-0.4, -0.2) is 40.3 Å². The molecule has 2 N–H and O–H groups in total. The minimum Gasteiger partial charge on any atom is -0.393 e. The van der Waals surface area contributed by atoms with Gasteiger partial charge in [-0.05, 0) is 56.3 Å². The van der Waals surface area contributed by atoms with E-state index in [1.807, 2.05) is 25.1 Å². The minimum absolute atomic E-state index is 0.201. The van der Waals surface area contributed by atoms with E-state index in [2.05, 4.69) is 11.0 Å². The molecular weight excluding hydrogens is 238 g/mol. The monoisotopic (exact) mass is 261 g/mol. The van der Waals surface area contributed by atoms with E-state index in [0.29, 0.717) is 5.92 Å². The predicted molar refractivity (Wildman–Crippen MR) is 74.9 cm³/mol. The van der Waals surface area contributed by atoms with E-state index < -0.39 is 0 Å². The molecule has 1 aromatic carbocycles. The van der Waals surface area contributed by atoms with Crippen molar-refractivity contribution in [3.05, 3.63) is 35.4 Å². The van der Waals surface area contributed by atoms with Gasteiger partial charge in [-0.15, -0.1) is 0 Å². The fourth-order valence-corrected chi connectivity index (χ4v) is 3.62. The highest BCUT2D eigenvalue weighted by Crippen LogP contribution is 2.36. The summed E-state index contributed by atoms with van der Waals surface area (Å²) in [5, 5.41) is 20.1. The summed E-state index contributed by atoms with van der Waals surface area (Å²) in [6.45, 7) is 3.87. The second kappa shape index (κ2) is 5.23. The summed E-state index contributed by atoms with van der Waals surface area (Å²) in [6.07, 6.45) is 2.48. The topological polar surface area (TPSA) is 43.7 Å². The quantitative estimate of drug-likeness (QED) is 0.852. The van der Waals surface area contributed by atoms with Crippen molar-refractivity contribution in [2.45, 2.75) is 44.4 Å². The average molecular weight is 261 g/mol. The molecule has 1 aromatic rings. The maximum absolute atomic E-state index is 10.5. The number of hydrogen-bond donors (Lipinski definition) is 2. The lowest BCUT2D eigenvalue weighted by atomic mass is 9.91. The van der Waals surface area contributed by atoms with Crippen LogP contribution in [0.5, 0.6) is 0 Å². The summed E-state index contributed by atoms with van der Waals surface area (Å²) >= 11 is 0. The van der Waals surface area contributed by atoms with E-state index in [-0.39, 0.29) is 18.2 Å². The maximum Gasteiger partial charge on any atom is 0.0951 e. The van der Waals surface area contributed by atoms with Gasteiger partial charge in [-0.25, -0.2) is 0 Å². The summed E-state index contributed by atoms with van der Waals surface area (Å²) in [5.74, 6) is 0.428. The zero-order valence-electron chi connectivity index (χ0n) is 11.5. The molecule has 0 saturated carbocycles. The molecule has 0 amide bonds. The van der Waals surface area contributed by atoms with Crippen LogP contribution in [-0.2, 0) is 6.42 Å². The molecule has 2 aliphatic rings. The Balaban J connectivity index is 1.67. The van der Waals surface area contributed by atoms with E-state index in [4.69, 9.17) is 0 Å². The molecular formula is C16H23NO2. The third-order valence-corrected chi connectivity index (χ3v) is 4.89. The molecule has 3 rings (SSSR count). The molecule has 19 heavy (non-hydrogen) atoms. The fraction of sp³-hybridized carbons (Fsp3) is 0.625. The molecule has 0 aromatic heterocycles. The Morgan fingerprint density at radius 1 is 1.21 bits per heavy atom. The molecule has 3 heteroatoms. The van der Waals surface area contributed by atoms with Crippen LogP contribution in [0.2, 0.25) is 0 Å². The number of nitrogens with zero attached hydrogens (tertiary/aromatic N) is 1. The Morgan fingerprint density at radius 2 is 1.89 bits per heavy atom. The van der Waals surface area contributed by atoms with Crippen LogP contribution in [0.3, 0.4) is 0 Å². The number of aliphatic hydroxyl groups is 2. The molecule has 0 bridgehead atoms. The molecule has 0 radical (unpaired) electrons. The van der Waals surface area contributed by atoms with E-state index in [1.54, 1.807) is 0 Å². The highest BCUT2D eigenvalue weighted by molar-refractivity contribution is 5.35. The van der Waals surface area contributed by atoms with Gasteiger partial charge in [0.15, 0.2) is 0 Å². The zero-order chi connectivity index (χ0) is 13.4. The molecule has 1 aliphatic carbocycles. The molecule has 1 heterocycles. The summed E-state index contributed by atoms with van der Waals surface area (Å²) in [7, 11) is 0. The van der Waals surface area contributed by atoms with E-state index in [9.17, 15) is 10.2 Å². The van der Waals surface area contributed by atoms with Gasteiger partial charge >= 0.3 is 0 Å². The maximum atomic E-state index is 10.5. The van der Waals surface area contributed by atoms with Crippen LogP contribution in [0, 0.1) is 5.92 Å². The fourth-order valence-electron chi connectivity index (χ4n) is 3.62. The molecule has 1 fully saturated rings. The van der Waals surface area contributed by atoms with E-state index >= 15 is 0 Å². The van der Waals surface area contributed by atoms with Crippen molar-refractivity contribution in [2.24, 2.45) is 5.92 Å². The highest BCUT2D eigenvalue weighted by Gasteiger charge is 2.36. The van der Waals surface area contributed by atoms with E-state index in [0.717, 1.165) is 37.9 Å². The van der Waals surface area contributed by atoms with Crippen LogP contribution in [0.25, 0.3) is 0 Å². The third kappa shape index (κ3) is 2.42. The Bertz CT molecular complexity index is 438. The normalized spacial score (nSPS) is 30.3. The Kier molecular flexibility index (Phi) is 3.61. The SMILES string of the molecule is CC(O)C1CCN(C2Cc3ccccc3C2O)CC1. The number of hydrogen-bond acceptors (Lipinski definition) is 3. The summed E-state index contributed by atoms with van der Waals surface area (Å²) in [5.41, 5.74) is 2.39. The third-order valence-electron chi connectivity index (χ3n) is 4.89. The molecule has 3 nitrogen and oxygen atoms in total. The van der Waals surface area contributed by atoms with Gasteiger partial charge < -0.3 is 10.2 Å². The average Bonchev–Trinajstić information content (AvgIpc) is 2.77. The highest BCUT2D eigenvalue weighted by atomic mass is 16.3. The van der Waals surface area contributed by atoms with Crippen molar-refractivity contribution in [2.75, 3.05) is 13.1 Å². The largest absolute Gasteiger partial charge is 0.393 e. The van der Waals surface area contributed by atoms with Crippen LogP contribution >= 0.6 is 0 Å². The van der Waals surface area contributed by atoms with Crippen molar-refractivity contribution in [3.8, 4) is 0 Å². The number of fused-ring (bicyclic) bond motifs is 1. The molecule has 1 saturated heterocycles. The molecule has 0 spiro atoms. The van der Waals surface area contributed by atoms with E-state index in [1.165, 1.54) is 5.56 Å². The van der Waals surface area contributed by atoms with Gasteiger partial charge in [-0.2, -0.15) is 0 Å². The second-order valence-electron chi connectivity index (χ2n) is 6.03. The molecule has 104 valence electrons. The summed E-state index contributed by atoms with van der Waals surface area (Å²) in [6, 6.07) is 8.45. The Hall–Kier alpha value is -0.900. The van der Waals surface area contributed by atoms with Crippen LogP contribution in [0.4, 0.5) is 0 Å². The van der Waals surface area contributed by atoms with Gasteiger partial charge in [-0.1, -0.05) is 24.3 Å². The predicted octanol–water partition coefficient (Wildman–Crippen LogP) is 1.74. The second-order valence-corrected chi connectivity index (χ2v) is 6.03. The molecule has 3 atom stereocenters. The first-order chi connectivity index (χ1) is 9.16. The van der Waals surface area contributed by atoms with Gasteiger partial charge in [0.25, 0.3) is 0 Å². The number of piperidine rings is 1. The zero-order valence-corrected chi connectivity index (χ0v) is 11.5. The summed E-state index contributed by atoms with van der Waals surface area (Å²) in [4.78, 5) is 2.41. The van der Waals surface area contributed by atoms with Gasteiger partial charge in [0, 0.05) is 6.04 Å². The lowest BCUT2D eigenvalue weighted by Gasteiger charge is -2.38. The summed E-state index contributed by atoms with van der Waals surface area (Å²) < 4.78 is 0. The number of likely N-dealkylation sites (tertiary alicyclic amines) is 1. The van der Waals surface area contributed by atoms with Crippen molar-refractivity contribution < 1.29 is 10.2 Å². The lowest BCUT2D eigenvalue weighted by molar-refractivity contribution is 0.0158. The standard InChI is InChI=1S/C16H23NO2/c1-11(18)12-6-8-17(9-7-12)15-10-13-4-2-3-5-14(13)16(15)19/h2-5,11-12,15-16,18-19H,6-10H2,1H3. The van der Waals surface area contributed by atoms with Crippen LogP contribution in [0.15, 0.2) is 24.3 Å². The van der Waals surface area contributed by atoms with Crippen molar-refractivity contribution >= 4 is 0 Å². The van der Waals surface area contributed by atoms with Gasteiger partial charge in [0.2, 0.25) is 0 Å². The molecule has 1 aliphatic heterocycles. The van der Waals surface area contributed by atoms with Crippen molar-refractivity contribution in [3.63, 3.8) is 0 Å². The lowest BCUT2D eigenvalue weighted by Crippen LogP contribution is -2.45. The Morgan fingerprint density at radius 3 is 2.53 bits per heavy atom.